The molecule has 0 aliphatic heterocycles. The zero-order chi connectivity index (χ0) is 13.2. The summed E-state index contributed by atoms with van der Waals surface area (Å²) in [6.07, 6.45) is 1.01. The SMILES string of the molecule is CCc1ccc2nc(-c3ccccc3)cc(Cl)c2c1. The third-order valence-corrected chi connectivity index (χ3v) is 3.61. The van der Waals surface area contributed by atoms with E-state index in [1.165, 1.54) is 5.56 Å². The number of fused-ring (bicyclic) bond motifs is 1. The van der Waals surface area contributed by atoms with Gasteiger partial charge in [-0.3, -0.25) is 0 Å². The Morgan fingerprint density at radius 1 is 1.00 bits per heavy atom. The minimum absolute atomic E-state index is 0.763. The molecule has 3 aromatic rings. The molecule has 0 aliphatic carbocycles. The second-order valence-corrected chi connectivity index (χ2v) is 4.97. The molecule has 3 rings (SSSR count). The molecule has 0 unspecified atom stereocenters. The lowest BCUT2D eigenvalue weighted by molar-refractivity contribution is 1.14. The zero-order valence-corrected chi connectivity index (χ0v) is 11.5. The first kappa shape index (κ1) is 12.2. The zero-order valence-electron chi connectivity index (χ0n) is 10.7. The molecule has 1 heterocycles. The van der Waals surface area contributed by atoms with Crippen LogP contribution in [0, 0.1) is 0 Å². The average molecular weight is 268 g/mol. The molecule has 0 saturated heterocycles. The maximum absolute atomic E-state index is 6.40. The van der Waals surface area contributed by atoms with Crippen molar-refractivity contribution in [3.05, 3.63) is 65.2 Å². The molecule has 0 fully saturated rings. The molecular formula is C17H14ClN. The van der Waals surface area contributed by atoms with Crippen LogP contribution < -0.4 is 0 Å². The molecule has 0 radical (unpaired) electrons. The Morgan fingerprint density at radius 3 is 2.53 bits per heavy atom. The van der Waals surface area contributed by atoms with Crippen LogP contribution in [0.5, 0.6) is 0 Å². The van der Waals surface area contributed by atoms with E-state index in [9.17, 15) is 0 Å². The van der Waals surface area contributed by atoms with Crippen LogP contribution in [-0.4, -0.2) is 4.98 Å². The maximum atomic E-state index is 6.40. The highest BCUT2D eigenvalue weighted by Gasteiger charge is 2.06. The Labute approximate surface area is 117 Å². The van der Waals surface area contributed by atoms with Crippen molar-refractivity contribution in [2.45, 2.75) is 13.3 Å². The fourth-order valence-corrected chi connectivity index (χ4v) is 2.46. The highest BCUT2D eigenvalue weighted by atomic mass is 35.5. The van der Waals surface area contributed by atoms with Crippen molar-refractivity contribution >= 4 is 22.5 Å². The minimum Gasteiger partial charge on any atom is -0.248 e. The molecule has 0 bridgehead atoms. The van der Waals surface area contributed by atoms with Gasteiger partial charge in [0.25, 0.3) is 0 Å². The third-order valence-electron chi connectivity index (χ3n) is 3.30. The smallest absolute Gasteiger partial charge is 0.0724 e. The highest BCUT2D eigenvalue weighted by Crippen LogP contribution is 2.28. The van der Waals surface area contributed by atoms with Crippen LogP contribution in [0.25, 0.3) is 22.2 Å². The summed E-state index contributed by atoms with van der Waals surface area (Å²) in [5, 5.41) is 1.79. The summed E-state index contributed by atoms with van der Waals surface area (Å²) in [6.45, 7) is 2.14. The maximum Gasteiger partial charge on any atom is 0.0724 e. The Morgan fingerprint density at radius 2 is 1.79 bits per heavy atom. The van der Waals surface area contributed by atoms with Crippen LogP contribution in [0.2, 0.25) is 5.02 Å². The van der Waals surface area contributed by atoms with E-state index in [4.69, 9.17) is 16.6 Å². The van der Waals surface area contributed by atoms with Gasteiger partial charge in [0.15, 0.2) is 0 Å². The van der Waals surface area contributed by atoms with Gasteiger partial charge in [0.2, 0.25) is 0 Å². The van der Waals surface area contributed by atoms with Gasteiger partial charge in [-0.15, -0.1) is 0 Å². The Hall–Kier alpha value is -1.86. The summed E-state index contributed by atoms with van der Waals surface area (Å²) in [5.74, 6) is 0. The second kappa shape index (κ2) is 5.02. The molecule has 0 atom stereocenters. The number of benzene rings is 2. The van der Waals surface area contributed by atoms with E-state index in [2.05, 4.69) is 19.1 Å². The van der Waals surface area contributed by atoms with Gasteiger partial charge in [0, 0.05) is 10.9 Å². The summed E-state index contributed by atoms with van der Waals surface area (Å²) >= 11 is 6.40. The van der Waals surface area contributed by atoms with Crippen molar-refractivity contribution in [3.8, 4) is 11.3 Å². The fraction of sp³-hybridized carbons (Fsp3) is 0.118. The number of nitrogens with zero attached hydrogens (tertiary/aromatic N) is 1. The van der Waals surface area contributed by atoms with Crippen molar-refractivity contribution in [1.29, 1.82) is 0 Å². The number of hydrogen-bond donors (Lipinski definition) is 0. The first-order chi connectivity index (χ1) is 9.28. The van der Waals surface area contributed by atoms with Crippen molar-refractivity contribution in [2.75, 3.05) is 0 Å². The quantitative estimate of drug-likeness (QED) is 0.628. The largest absolute Gasteiger partial charge is 0.248 e. The number of aromatic nitrogens is 1. The van der Waals surface area contributed by atoms with Gasteiger partial charge < -0.3 is 0 Å². The number of halogens is 1. The van der Waals surface area contributed by atoms with Crippen LogP contribution in [0.4, 0.5) is 0 Å². The standard InChI is InChI=1S/C17H14ClN/c1-2-12-8-9-16-14(10-12)15(18)11-17(19-16)13-6-4-3-5-7-13/h3-11H,2H2,1H3. The lowest BCUT2D eigenvalue weighted by Gasteiger charge is -2.07. The van der Waals surface area contributed by atoms with Gasteiger partial charge in [-0.05, 0) is 30.2 Å². The van der Waals surface area contributed by atoms with E-state index in [0.717, 1.165) is 33.6 Å². The third kappa shape index (κ3) is 2.34. The molecule has 0 spiro atoms. The van der Waals surface area contributed by atoms with Gasteiger partial charge in [-0.2, -0.15) is 0 Å². The van der Waals surface area contributed by atoms with Crippen LogP contribution in [0.1, 0.15) is 12.5 Å². The summed E-state index contributed by atoms with van der Waals surface area (Å²) in [5.41, 5.74) is 4.24. The summed E-state index contributed by atoms with van der Waals surface area (Å²) in [7, 11) is 0. The normalized spacial score (nSPS) is 10.8. The second-order valence-electron chi connectivity index (χ2n) is 4.56. The topological polar surface area (TPSA) is 12.9 Å². The van der Waals surface area contributed by atoms with Crippen LogP contribution >= 0.6 is 11.6 Å². The molecule has 1 aromatic heterocycles. The lowest BCUT2D eigenvalue weighted by atomic mass is 10.1. The van der Waals surface area contributed by atoms with Crippen LogP contribution in [-0.2, 0) is 6.42 Å². The van der Waals surface area contributed by atoms with Crippen LogP contribution in [0.15, 0.2) is 54.6 Å². The highest BCUT2D eigenvalue weighted by molar-refractivity contribution is 6.35. The lowest BCUT2D eigenvalue weighted by Crippen LogP contribution is -1.88. The van der Waals surface area contributed by atoms with E-state index in [0.29, 0.717) is 0 Å². The Balaban J connectivity index is 2.20. The molecule has 0 amide bonds. The Kier molecular flexibility index (Phi) is 3.22. The fourth-order valence-electron chi connectivity index (χ4n) is 2.21. The van der Waals surface area contributed by atoms with Gasteiger partial charge in [0.1, 0.15) is 0 Å². The number of pyridine rings is 1. The van der Waals surface area contributed by atoms with E-state index >= 15 is 0 Å². The first-order valence-electron chi connectivity index (χ1n) is 6.42. The van der Waals surface area contributed by atoms with E-state index in [1.807, 2.05) is 42.5 Å². The monoisotopic (exact) mass is 267 g/mol. The van der Waals surface area contributed by atoms with Gasteiger partial charge in [0.05, 0.1) is 16.2 Å². The first-order valence-corrected chi connectivity index (χ1v) is 6.80. The number of hydrogen-bond acceptors (Lipinski definition) is 1. The van der Waals surface area contributed by atoms with Crippen LogP contribution in [0.3, 0.4) is 0 Å². The van der Waals surface area contributed by atoms with Gasteiger partial charge in [-0.1, -0.05) is 54.9 Å². The molecule has 0 saturated carbocycles. The Bertz CT molecular complexity index is 720. The molecule has 0 N–H and O–H groups in total. The number of aryl methyl sites for hydroxylation is 1. The van der Waals surface area contributed by atoms with Gasteiger partial charge >= 0.3 is 0 Å². The molecule has 0 aliphatic rings. The van der Waals surface area contributed by atoms with E-state index in [-0.39, 0.29) is 0 Å². The molecule has 2 aromatic carbocycles. The summed E-state index contributed by atoms with van der Waals surface area (Å²) < 4.78 is 0. The summed E-state index contributed by atoms with van der Waals surface area (Å²) in [6, 6.07) is 18.3. The van der Waals surface area contributed by atoms with E-state index in [1.54, 1.807) is 0 Å². The molecule has 1 nitrogen and oxygen atoms in total. The molecule has 2 heteroatoms. The molecule has 94 valence electrons. The van der Waals surface area contributed by atoms with Crippen molar-refractivity contribution in [2.24, 2.45) is 0 Å². The van der Waals surface area contributed by atoms with Crippen molar-refractivity contribution in [1.82, 2.24) is 4.98 Å². The van der Waals surface area contributed by atoms with Crippen molar-refractivity contribution in [3.63, 3.8) is 0 Å². The predicted molar refractivity (Wildman–Crippen MR) is 81.6 cm³/mol. The van der Waals surface area contributed by atoms with Gasteiger partial charge in [-0.25, -0.2) is 4.98 Å². The summed E-state index contributed by atoms with van der Waals surface area (Å²) in [4.78, 5) is 4.70. The van der Waals surface area contributed by atoms with Crippen molar-refractivity contribution < 1.29 is 0 Å². The minimum atomic E-state index is 0.763. The number of rotatable bonds is 2. The van der Waals surface area contributed by atoms with E-state index < -0.39 is 0 Å². The molecular weight excluding hydrogens is 254 g/mol. The predicted octanol–water partition coefficient (Wildman–Crippen LogP) is 5.12. The average Bonchev–Trinajstić information content (AvgIpc) is 2.48. The molecule has 19 heavy (non-hydrogen) atoms.